The molecule has 0 fully saturated rings. The van der Waals surface area contributed by atoms with Crippen LogP contribution in [0.15, 0.2) is 29.2 Å². The molecule has 0 saturated heterocycles. The van der Waals surface area contributed by atoms with Crippen molar-refractivity contribution < 1.29 is 47.1 Å². The van der Waals surface area contributed by atoms with E-state index >= 15 is 0 Å². The predicted molar refractivity (Wildman–Crippen MR) is 50.7 cm³/mol. The van der Waals surface area contributed by atoms with E-state index in [1.165, 1.54) is 0 Å². The summed E-state index contributed by atoms with van der Waals surface area (Å²) in [4.78, 5) is 0.833. The first-order chi connectivity index (χ1) is 5.79. The third-order valence-corrected chi connectivity index (χ3v) is 1.15. The van der Waals surface area contributed by atoms with E-state index in [0.717, 1.165) is 10.6 Å². The molecular weight excluding hydrogens is 237 g/mol. The van der Waals surface area contributed by atoms with Crippen molar-refractivity contribution in [1.82, 2.24) is 0 Å². The SMILES string of the molecule is Nc1ccc([S-])cc1.O=S(=O)(O)O.[Na+]. The molecule has 0 aromatic heterocycles. The van der Waals surface area contributed by atoms with Gasteiger partial charge in [-0.25, -0.2) is 0 Å². The van der Waals surface area contributed by atoms with Crippen LogP contribution in [0.2, 0.25) is 0 Å². The maximum absolute atomic E-state index is 8.74. The van der Waals surface area contributed by atoms with Crippen molar-refractivity contribution in [1.29, 1.82) is 0 Å². The van der Waals surface area contributed by atoms with Gasteiger partial charge in [-0.1, -0.05) is 12.1 Å². The molecule has 0 heterocycles. The number of hydrogen-bond acceptors (Lipinski definition) is 4. The van der Waals surface area contributed by atoms with E-state index in [2.05, 4.69) is 0 Å². The second kappa shape index (κ2) is 7.41. The summed E-state index contributed by atoms with van der Waals surface area (Å²) in [7, 11) is -4.67. The smallest absolute Gasteiger partial charge is 0.780 e. The van der Waals surface area contributed by atoms with Gasteiger partial charge in [-0.05, 0) is 12.1 Å². The summed E-state index contributed by atoms with van der Waals surface area (Å²) in [6.45, 7) is 0. The zero-order chi connectivity index (χ0) is 10.5. The fourth-order valence-electron chi connectivity index (χ4n) is 0.468. The first-order valence-corrected chi connectivity index (χ1v) is 4.82. The number of benzene rings is 1. The zero-order valence-corrected chi connectivity index (χ0v) is 11.0. The van der Waals surface area contributed by atoms with Gasteiger partial charge in [0, 0.05) is 5.69 Å². The summed E-state index contributed by atoms with van der Waals surface area (Å²) in [5, 5.41) is 0. The van der Waals surface area contributed by atoms with E-state index in [1.807, 2.05) is 12.1 Å². The second-order valence-corrected chi connectivity index (χ2v) is 3.38. The van der Waals surface area contributed by atoms with Crippen molar-refractivity contribution in [2.24, 2.45) is 0 Å². The fourth-order valence-corrected chi connectivity index (χ4v) is 0.604. The molecule has 0 bridgehead atoms. The fraction of sp³-hybridized carbons (Fsp3) is 0. The molecule has 0 radical (unpaired) electrons. The normalized spacial score (nSPS) is 9.29. The molecule has 0 atom stereocenters. The zero-order valence-electron chi connectivity index (χ0n) is 7.41. The molecule has 0 aliphatic heterocycles. The quantitative estimate of drug-likeness (QED) is 0.203. The van der Waals surface area contributed by atoms with Crippen molar-refractivity contribution in [2.45, 2.75) is 4.90 Å². The molecule has 1 aromatic rings. The molecular formula is C6H8NNaO4S2. The first kappa shape index (κ1) is 16.5. The monoisotopic (exact) mass is 245 g/mol. The van der Waals surface area contributed by atoms with Gasteiger partial charge in [-0.3, -0.25) is 9.11 Å². The Morgan fingerprint density at radius 2 is 1.43 bits per heavy atom. The van der Waals surface area contributed by atoms with Gasteiger partial charge in [-0.15, -0.1) is 0 Å². The topological polar surface area (TPSA) is 101 Å². The van der Waals surface area contributed by atoms with Crippen LogP contribution in [-0.2, 0) is 23.0 Å². The minimum absolute atomic E-state index is 0. The molecule has 8 heteroatoms. The van der Waals surface area contributed by atoms with E-state index in [0.29, 0.717) is 0 Å². The van der Waals surface area contributed by atoms with Crippen molar-refractivity contribution in [3.63, 3.8) is 0 Å². The van der Waals surface area contributed by atoms with E-state index < -0.39 is 10.4 Å². The van der Waals surface area contributed by atoms with Crippen LogP contribution >= 0.6 is 0 Å². The van der Waals surface area contributed by atoms with Gasteiger partial charge >= 0.3 is 40.0 Å². The summed E-state index contributed by atoms with van der Waals surface area (Å²) in [5.41, 5.74) is 6.14. The minimum Gasteiger partial charge on any atom is -0.780 e. The summed E-state index contributed by atoms with van der Waals surface area (Å²) in [6.07, 6.45) is 0. The van der Waals surface area contributed by atoms with Crippen molar-refractivity contribution in [3.05, 3.63) is 24.3 Å². The summed E-state index contributed by atoms with van der Waals surface area (Å²) in [6, 6.07) is 7.21. The number of hydrogen-bond donors (Lipinski definition) is 3. The molecule has 1 aromatic carbocycles. The van der Waals surface area contributed by atoms with Crippen LogP contribution in [0.1, 0.15) is 0 Å². The van der Waals surface area contributed by atoms with Crippen molar-refractivity contribution >= 4 is 28.7 Å². The Bertz CT molecular complexity index is 322. The van der Waals surface area contributed by atoms with Gasteiger partial charge in [0.25, 0.3) is 0 Å². The Balaban J connectivity index is 0. The third kappa shape index (κ3) is 14.6. The Hall–Kier alpha value is 0.110. The maximum atomic E-state index is 8.74. The molecule has 1 rings (SSSR count). The maximum Gasteiger partial charge on any atom is 1.00 e. The van der Waals surface area contributed by atoms with Crippen LogP contribution < -0.4 is 35.3 Å². The average Bonchev–Trinajstić information content (AvgIpc) is 1.92. The summed E-state index contributed by atoms with van der Waals surface area (Å²) < 4.78 is 31.6. The van der Waals surface area contributed by atoms with Gasteiger partial charge in [0.2, 0.25) is 0 Å². The molecule has 4 N–H and O–H groups in total. The Labute approximate surface area is 110 Å². The largest absolute Gasteiger partial charge is 1.00 e. The minimum atomic E-state index is -4.67. The number of rotatable bonds is 0. The van der Waals surface area contributed by atoms with Crippen molar-refractivity contribution in [3.8, 4) is 0 Å². The Kier molecular flexibility index (Phi) is 8.75. The first-order valence-electron chi connectivity index (χ1n) is 3.01. The van der Waals surface area contributed by atoms with Crippen molar-refractivity contribution in [2.75, 3.05) is 5.73 Å². The van der Waals surface area contributed by atoms with Crippen LogP contribution in [0.3, 0.4) is 0 Å². The molecule has 0 saturated carbocycles. The van der Waals surface area contributed by atoms with Gasteiger partial charge in [0.15, 0.2) is 0 Å². The molecule has 0 aliphatic carbocycles. The molecule has 0 amide bonds. The summed E-state index contributed by atoms with van der Waals surface area (Å²) >= 11 is 4.82. The molecule has 0 aliphatic rings. The van der Waals surface area contributed by atoms with Crippen LogP contribution in [0.4, 0.5) is 5.69 Å². The van der Waals surface area contributed by atoms with E-state index in [9.17, 15) is 0 Å². The number of nitrogens with two attached hydrogens (primary N) is 1. The van der Waals surface area contributed by atoms with Crippen LogP contribution in [0.25, 0.3) is 0 Å². The summed E-state index contributed by atoms with van der Waals surface area (Å²) in [5.74, 6) is 0. The molecule has 14 heavy (non-hydrogen) atoms. The molecule has 5 nitrogen and oxygen atoms in total. The van der Waals surface area contributed by atoms with Gasteiger partial charge < -0.3 is 18.4 Å². The number of anilines is 1. The van der Waals surface area contributed by atoms with Crippen LogP contribution in [0.5, 0.6) is 0 Å². The Morgan fingerprint density at radius 3 is 1.64 bits per heavy atom. The van der Waals surface area contributed by atoms with Gasteiger partial charge in [0.1, 0.15) is 0 Å². The van der Waals surface area contributed by atoms with Crippen LogP contribution in [0, 0.1) is 0 Å². The Morgan fingerprint density at radius 1 is 1.14 bits per heavy atom. The predicted octanol–water partition coefficient (Wildman–Crippen LogP) is -2.47. The van der Waals surface area contributed by atoms with E-state index in [-0.39, 0.29) is 29.6 Å². The molecule has 74 valence electrons. The third-order valence-electron chi connectivity index (χ3n) is 0.880. The van der Waals surface area contributed by atoms with Gasteiger partial charge in [-0.2, -0.15) is 13.3 Å². The van der Waals surface area contributed by atoms with Crippen LogP contribution in [-0.4, -0.2) is 17.5 Å². The standard InChI is InChI=1S/C6H7NS.Na.H2O4S/c7-5-1-3-6(8)4-2-5;;1-5(2,3)4/h1-4,8H,7H2;;(H2,1,2,3,4)/q;+1;/p-1. The molecule has 0 spiro atoms. The van der Waals surface area contributed by atoms with E-state index in [4.69, 9.17) is 35.9 Å². The van der Waals surface area contributed by atoms with Gasteiger partial charge in [0.05, 0.1) is 0 Å². The average molecular weight is 245 g/mol. The van der Waals surface area contributed by atoms with E-state index in [1.54, 1.807) is 12.1 Å². The molecule has 0 unspecified atom stereocenters. The number of nitrogen functional groups attached to an aromatic ring is 1. The second-order valence-electron chi connectivity index (χ2n) is 2.02.